The third-order valence-electron chi connectivity index (χ3n) is 22.8. The molecule has 0 N–H and O–H groups in total. The molecule has 4 aromatic heterocycles. The van der Waals surface area contributed by atoms with Crippen LogP contribution >= 0.6 is 45.3 Å². The number of aromatic nitrogens is 2. The normalized spacial score (nSPS) is 14.0. The van der Waals surface area contributed by atoms with Crippen molar-refractivity contribution in [3.8, 4) is 40.4 Å². The number of rotatable bonds is 49. The summed E-state index contributed by atoms with van der Waals surface area (Å²) in [5, 5.41) is 11.4. The number of carbonyl (C=O) groups is 2. The van der Waals surface area contributed by atoms with Crippen LogP contribution in [0.1, 0.15) is 288 Å². The van der Waals surface area contributed by atoms with Gasteiger partial charge in [-0.3, -0.25) is 9.59 Å². The Hall–Kier alpha value is -6.56. The van der Waals surface area contributed by atoms with Crippen molar-refractivity contribution in [3.05, 3.63) is 167 Å². The van der Waals surface area contributed by atoms with Gasteiger partial charge in [0.15, 0.2) is 0 Å². The average molecular weight is 1480 g/mol. The van der Waals surface area contributed by atoms with E-state index in [1.807, 2.05) is 35.1 Å². The summed E-state index contributed by atoms with van der Waals surface area (Å²) in [6.45, 7) is 10.4. The lowest BCUT2D eigenvalue weighted by molar-refractivity contribution is -0.124. The molecule has 2 aliphatic heterocycles. The number of hydrogen-bond acceptors (Lipinski definition) is 8. The number of carbonyl (C=O) groups excluding carboxylic acids is 2. The minimum Gasteiger partial charge on any atom is -0.304 e. The first kappa shape index (κ1) is 78.0. The third-order valence-corrected chi connectivity index (χ3v) is 27.4. The van der Waals surface area contributed by atoms with Crippen LogP contribution in [-0.4, -0.2) is 44.7 Å². The number of fused-ring (bicyclic) bond motifs is 5. The van der Waals surface area contributed by atoms with Crippen LogP contribution < -0.4 is 0 Å². The van der Waals surface area contributed by atoms with Gasteiger partial charge in [-0.2, -0.15) is 0 Å². The number of nitrogens with zero attached hydrogens (tertiary/aromatic N) is 4. The zero-order valence-electron chi connectivity index (χ0n) is 64.2. The van der Waals surface area contributed by atoms with Crippen LogP contribution in [-0.2, 0) is 9.59 Å². The Kier molecular flexibility index (Phi) is 30.6. The molecule has 0 saturated heterocycles. The lowest BCUT2D eigenvalue weighted by Crippen LogP contribution is -2.35. The maximum atomic E-state index is 16.7. The molecule has 0 spiro atoms. The van der Waals surface area contributed by atoms with Gasteiger partial charge in [-0.25, -0.2) is 9.97 Å². The van der Waals surface area contributed by atoms with E-state index in [0.29, 0.717) is 24.2 Å². The summed E-state index contributed by atoms with van der Waals surface area (Å²) < 4.78 is 0. The molecular weight excluding hydrogens is 1360 g/mol. The largest absolute Gasteiger partial charge is 0.304 e. The zero-order valence-corrected chi connectivity index (χ0v) is 67.5. The molecule has 2 amide bonds. The zero-order chi connectivity index (χ0) is 72.4. The maximum absolute atomic E-state index is 16.7. The quantitative estimate of drug-likeness (QED) is 0.0281. The highest BCUT2D eigenvalue weighted by atomic mass is 32.1. The summed E-state index contributed by atoms with van der Waals surface area (Å²) in [6, 6.07) is 48.9. The summed E-state index contributed by atoms with van der Waals surface area (Å²) in [7, 11) is 0. The van der Waals surface area contributed by atoms with E-state index in [2.05, 4.69) is 171 Å². The van der Waals surface area contributed by atoms with Gasteiger partial charge in [0.25, 0.3) is 11.8 Å². The SMILES string of the molecule is CCCCCCCCCCCCC(CCCCCCCCC)CN1C(=O)C2=C(c3ncc(-c4ccc(-c5c6ccccc6cc6ccccc56)s4)s3)N(CC(CCCCCCCCCC)CCCCCCCCCCCC)C(=O)C2=C1c1ncc(-c2ccc(-c3c4ccccc4cc4ccccc34)s2)s1. The molecule has 6 heterocycles. The first-order chi connectivity index (χ1) is 51.8. The van der Waals surface area contributed by atoms with Gasteiger partial charge in [0.2, 0.25) is 0 Å². The van der Waals surface area contributed by atoms with Crippen LogP contribution in [0.15, 0.2) is 157 Å². The van der Waals surface area contributed by atoms with Gasteiger partial charge >= 0.3 is 0 Å². The van der Waals surface area contributed by atoms with Gasteiger partial charge in [0.1, 0.15) is 10.0 Å². The molecule has 6 nitrogen and oxygen atoms in total. The molecule has 556 valence electrons. The molecule has 2 atom stereocenters. The average Bonchev–Trinajstić information content (AvgIpc) is 1.55. The third kappa shape index (κ3) is 20.4. The minimum atomic E-state index is -0.0520. The Balaban J connectivity index is 0.928. The number of unbranched alkanes of at least 4 members (excludes halogenated alkanes) is 31. The highest BCUT2D eigenvalue weighted by Crippen LogP contribution is 2.52. The summed E-state index contributed by atoms with van der Waals surface area (Å²) in [5.74, 6) is 0.467. The van der Waals surface area contributed by atoms with Crippen molar-refractivity contribution in [1.82, 2.24) is 19.8 Å². The van der Waals surface area contributed by atoms with Crippen molar-refractivity contribution in [3.63, 3.8) is 0 Å². The van der Waals surface area contributed by atoms with E-state index in [1.165, 1.54) is 263 Å². The molecule has 0 bridgehead atoms. The summed E-state index contributed by atoms with van der Waals surface area (Å²) in [6.07, 6.45) is 53.2. The topological polar surface area (TPSA) is 66.4 Å². The molecule has 2 aliphatic rings. The molecule has 6 aromatic carbocycles. The van der Waals surface area contributed by atoms with Gasteiger partial charge in [0, 0.05) is 56.1 Å². The predicted octanol–water partition coefficient (Wildman–Crippen LogP) is 30.3. The van der Waals surface area contributed by atoms with Crippen LogP contribution in [0.2, 0.25) is 0 Å². The van der Waals surface area contributed by atoms with Crippen LogP contribution in [0.3, 0.4) is 0 Å². The van der Waals surface area contributed by atoms with Crippen LogP contribution in [0.5, 0.6) is 0 Å². The van der Waals surface area contributed by atoms with E-state index in [9.17, 15) is 0 Å². The minimum absolute atomic E-state index is 0.0517. The van der Waals surface area contributed by atoms with E-state index in [0.717, 1.165) is 92.3 Å². The van der Waals surface area contributed by atoms with Crippen LogP contribution in [0.4, 0.5) is 0 Å². The van der Waals surface area contributed by atoms with Crippen molar-refractivity contribution in [2.24, 2.45) is 11.8 Å². The number of thiophene rings is 2. The van der Waals surface area contributed by atoms with Gasteiger partial charge < -0.3 is 9.80 Å². The summed E-state index contributed by atoms with van der Waals surface area (Å²) in [5.41, 5.74) is 5.04. The summed E-state index contributed by atoms with van der Waals surface area (Å²) in [4.78, 5) is 55.2. The molecule has 10 heteroatoms. The first-order valence-corrected chi connectivity index (χ1v) is 45.2. The standard InChI is InChI=1S/C95H120N4O2S4/c1-5-9-13-17-21-24-26-30-34-38-50-70(48-36-32-28-20-16-12-8-4)68-98-90(92-96-66-84(104-92)80-60-62-82(102-80)86-76-56-44-40-52-72(76)64-73-53-41-45-57-77(73)86)88-89(94(98)100)91(99(95(88)101)69-71(49-37-33-29-23-19-15-11-7-3)51-39-35-31-27-25-22-18-14-10-6-2)93-97-67-85(105-93)81-61-63-83(103-81)87-78-58-46-42-54-74(78)65-75-55-43-47-59-79(75)87/h40-47,52-67,70-71H,5-39,48-51,68-69H2,1-4H3. The van der Waals surface area contributed by atoms with Gasteiger partial charge in [-0.05, 0) is 117 Å². The Morgan fingerprint density at radius 1 is 0.295 bits per heavy atom. The Morgan fingerprint density at radius 3 is 0.838 bits per heavy atom. The molecule has 12 rings (SSSR count). The predicted molar refractivity (Wildman–Crippen MR) is 459 cm³/mol. The fourth-order valence-electron chi connectivity index (χ4n) is 16.9. The van der Waals surface area contributed by atoms with E-state index in [-0.39, 0.29) is 23.7 Å². The van der Waals surface area contributed by atoms with Crippen molar-refractivity contribution in [2.75, 3.05) is 13.1 Å². The first-order valence-electron chi connectivity index (χ1n) is 41.9. The Morgan fingerprint density at radius 2 is 0.552 bits per heavy atom. The molecular formula is C95H120N4O2S4. The van der Waals surface area contributed by atoms with Crippen molar-refractivity contribution in [2.45, 2.75) is 278 Å². The van der Waals surface area contributed by atoms with Crippen LogP contribution in [0, 0.1) is 11.8 Å². The molecule has 105 heavy (non-hydrogen) atoms. The van der Waals surface area contributed by atoms with Crippen molar-refractivity contribution < 1.29 is 9.59 Å². The lowest BCUT2D eigenvalue weighted by Gasteiger charge is -2.29. The van der Waals surface area contributed by atoms with E-state index in [1.54, 1.807) is 22.7 Å². The van der Waals surface area contributed by atoms with Gasteiger partial charge in [0.05, 0.1) is 32.3 Å². The van der Waals surface area contributed by atoms with Crippen LogP contribution in [0.25, 0.3) is 94.9 Å². The second-order valence-corrected chi connectivity index (χ2v) is 35.1. The smallest absolute Gasteiger partial charge is 0.261 e. The number of thiazole rings is 2. The van der Waals surface area contributed by atoms with E-state index < -0.39 is 0 Å². The number of hydrogen-bond donors (Lipinski definition) is 0. The molecule has 10 aromatic rings. The van der Waals surface area contributed by atoms with E-state index in [4.69, 9.17) is 9.97 Å². The van der Waals surface area contributed by atoms with E-state index >= 15 is 9.59 Å². The second-order valence-electron chi connectivity index (χ2n) is 30.9. The number of amides is 2. The molecule has 0 fully saturated rings. The lowest BCUT2D eigenvalue weighted by atomic mass is 9.93. The van der Waals surface area contributed by atoms with Gasteiger partial charge in [-0.1, -0.05) is 349 Å². The molecule has 0 radical (unpaired) electrons. The highest BCUT2D eigenvalue weighted by Gasteiger charge is 2.51. The molecule has 2 unspecified atom stereocenters. The Labute approximate surface area is 646 Å². The maximum Gasteiger partial charge on any atom is 0.261 e. The molecule has 0 saturated carbocycles. The number of benzene rings is 6. The fraction of sp³-hybridized carbons (Fsp3) is 0.495. The highest BCUT2D eigenvalue weighted by molar-refractivity contribution is 7.25. The Bertz CT molecular complexity index is 4330. The van der Waals surface area contributed by atoms with Crippen molar-refractivity contribution in [1.29, 1.82) is 0 Å². The summed E-state index contributed by atoms with van der Waals surface area (Å²) >= 11 is 6.93. The second kappa shape index (κ2) is 41.1. The van der Waals surface area contributed by atoms with Crippen molar-refractivity contribution >= 4 is 112 Å². The fourth-order valence-corrected chi connectivity index (χ4v) is 21.2. The monoisotopic (exact) mass is 1480 g/mol. The van der Waals surface area contributed by atoms with Gasteiger partial charge in [-0.15, -0.1) is 45.3 Å². The molecule has 0 aliphatic carbocycles.